The number of hydrogen-bond acceptors (Lipinski definition) is 8. The summed E-state index contributed by atoms with van der Waals surface area (Å²) in [6.45, 7) is 4.36. The summed E-state index contributed by atoms with van der Waals surface area (Å²) in [5.41, 5.74) is 10.6. The van der Waals surface area contributed by atoms with Gasteiger partial charge in [-0.2, -0.15) is 0 Å². The van der Waals surface area contributed by atoms with Crippen LogP contribution in [0.4, 0.5) is 22.9 Å². The second-order valence-corrected chi connectivity index (χ2v) is 11.5. The van der Waals surface area contributed by atoms with Crippen molar-refractivity contribution in [3.05, 3.63) is 93.9 Å². The summed E-state index contributed by atoms with van der Waals surface area (Å²) in [6, 6.07) is 18.6. The standard InChI is InChI=1S/C33H38N6O4/c1-33(2,20-34)43-24-12-9-22(10-13-24)35-30-32(42)38(5)18-28(36-30)26-7-6-8-29(27(26)19-40)39-16-15-21-17-23(37(3)4)11-14-25(21)31(39)41/h6-14,17-18,40H,15-16,19-20,34H2,1-5H3,(H,35,36). The molecule has 10 heteroatoms. The van der Waals surface area contributed by atoms with E-state index in [1.54, 1.807) is 42.4 Å². The monoisotopic (exact) mass is 582 g/mol. The number of hydrogen-bond donors (Lipinski definition) is 3. The van der Waals surface area contributed by atoms with Crippen molar-refractivity contribution in [1.82, 2.24) is 9.55 Å². The Labute approximate surface area is 251 Å². The van der Waals surface area contributed by atoms with E-state index in [2.05, 4.69) is 16.4 Å². The van der Waals surface area contributed by atoms with E-state index >= 15 is 0 Å². The van der Waals surface area contributed by atoms with E-state index < -0.39 is 5.60 Å². The number of ether oxygens (including phenoxy) is 1. The minimum Gasteiger partial charge on any atom is -0.487 e. The van der Waals surface area contributed by atoms with Gasteiger partial charge in [-0.25, -0.2) is 4.98 Å². The highest BCUT2D eigenvalue weighted by Crippen LogP contribution is 2.34. The van der Waals surface area contributed by atoms with Crippen molar-refractivity contribution >= 4 is 28.8 Å². The van der Waals surface area contributed by atoms with Crippen molar-refractivity contribution in [2.45, 2.75) is 32.5 Å². The molecule has 0 atom stereocenters. The van der Waals surface area contributed by atoms with Crippen molar-refractivity contribution < 1.29 is 14.6 Å². The molecule has 224 valence electrons. The van der Waals surface area contributed by atoms with Crippen molar-refractivity contribution in [2.75, 3.05) is 42.3 Å². The molecule has 0 saturated heterocycles. The molecule has 1 aromatic heterocycles. The first kappa shape index (κ1) is 29.8. The highest BCUT2D eigenvalue weighted by molar-refractivity contribution is 6.09. The molecular formula is C33H38N6O4. The number of aromatic nitrogens is 2. The number of aryl methyl sites for hydroxylation is 1. The van der Waals surface area contributed by atoms with Crippen LogP contribution in [0.3, 0.4) is 0 Å². The first-order chi connectivity index (χ1) is 20.5. The van der Waals surface area contributed by atoms with E-state index in [4.69, 9.17) is 10.5 Å². The highest BCUT2D eigenvalue weighted by atomic mass is 16.5. The third-order valence-electron chi connectivity index (χ3n) is 7.64. The molecule has 1 aliphatic heterocycles. The number of nitrogens with zero attached hydrogens (tertiary/aromatic N) is 4. The summed E-state index contributed by atoms with van der Waals surface area (Å²) in [7, 11) is 5.60. The zero-order valence-corrected chi connectivity index (χ0v) is 25.2. The van der Waals surface area contributed by atoms with Crippen LogP contribution >= 0.6 is 0 Å². The molecule has 0 spiro atoms. The van der Waals surface area contributed by atoms with Crippen LogP contribution in [0, 0.1) is 0 Å². The van der Waals surface area contributed by atoms with Gasteiger partial charge in [0.15, 0.2) is 5.82 Å². The lowest BCUT2D eigenvalue weighted by molar-refractivity contribution is 0.0980. The van der Waals surface area contributed by atoms with E-state index in [-0.39, 0.29) is 23.9 Å². The summed E-state index contributed by atoms with van der Waals surface area (Å²) in [5, 5.41) is 13.7. The normalized spacial score (nSPS) is 13.1. The average Bonchev–Trinajstić information content (AvgIpc) is 2.99. The minimum absolute atomic E-state index is 0.114. The van der Waals surface area contributed by atoms with Gasteiger partial charge in [-0.05, 0) is 74.4 Å². The second kappa shape index (κ2) is 11.9. The number of nitrogens with two attached hydrogens (primary N) is 1. The molecule has 0 bridgehead atoms. The van der Waals surface area contributed by atoms with Gasteiger partial charge >= 0.3 is 0 Å². The molecule has 5 rings (SSSR count). The maximum atomic E-state index is 13.6. The molecule has 0 aliphatic carbocycles. The van der Waals surface area contributed by atoms with E-state index in [1.807, 2.05) is 63.2 Å². The van der Waals surface area contributed by atoms with Gasteiger partial charge < -0.3 is 35.3 Å². The lowest BCUT2D eigenvalue weighted by Gasteiger charge is -2.31. The van der Waals surface area contributed by atoms with Crippen molar-refractivity contribution in [3.8, 4) is 17.0 Å². The average molecular weight is 583 g/mol. The highest BCUT2D eigenvalue weighted by Gasteiger charge is 2.28. The van der Waals surface area contributed by atoms with Gasteiger partial charge in [-0.3, -0.25) is 9.59 Å². The largest absolute Gasteiger partial charge is 0.487 e. The number of anilines is 4. The molecule has 0 unspecified atom stereocenters. The van der Waals surface area contributed by atoms with Gasteiger partial charge in [-0.1, -0.05) is 12.1 Å². The summed E-state index contributed by atoms with van der Waals surface area (Å²) >= 11 is 0. The van der Waals surface area contributed by atoms with Gasteiger partial charge in [0.1, 0.15) is 11.4 Å². The first-order valence-corrected chi connectivity index (χ1v) is 14.2. The molecule has 1 aliphatic rings. The molecule has 0 saturated carbocycles. The van der Waals surface area contributed by atoms with Crippen LogP contribution in [0.1, 0.15) is 35.3 Å². The van der Waals surface area contributed by atoms with Crippen LogP contribution in [0.2, 0.25) is 0 Å². The van der Waals surface area contributed by atoms with Crippen molar-refractivity contribution in [2.24, 2.45) is 12.8 Å². The zero-order chi connectivity index (χ0) is 30.9. The van der Waals surface area contributed by atoms with Crippen LogP contribution < -0.4 is 31.1 Å². The van der Waals surface area contributed by atoms with Crippen LogP contribution in [-0.4, -0.2) is 53.4 Å². The molecule has 2 heterocycles. The third kappa shape index (κ3) is 6.11. The van der Waals surface area contributed by atoms with Crippen molar-refractivity contribution in [3.63, 3.8) is 0 Å². The Hall–Kier alpha value is -4.67. The zero-order valence-electron chi connectivity index (χ0n) is 25.2. The molecule has 0 fully saturated rings. The SMILES string of the molecule is CN(C)c1ccc2c(c1)CCN(c1cccc(-c3cn(C)c(=O)c(Nc4ccc(OC(C)(C)CN)cc4)n3)c1CO)C2=O. The Bertz CT molecular complexity index is 1710. The Morgan fingerprint density at radius 1 is 1.07 bits per heavy atom. The number of benzene rings is 3. The smallest absolute Gasteiger partial charge is 0.293 e. The number of rotatable bonds is 9. The van der Waals surface area contributed by atoms with E-state index in [1.165, 1.54) is 4.57 Å². The van der Waals surface area contributed by atoms with Crippen LogP contribution in [-0.2, 0) is 20.1 Å². The minimum atomic E-state index is -0.502. The summed E-state index contributed by atoms with van der Waals surface area (Å²) in [4.78, 5) is 35.1. The predicted molar refractivity (Wildman–Crippen MR) is 170 cm³/mol. The molecule has 10 nitrogen and oxygen atoms in total. The number of amides is 1. The Kier molecular flexibility index (Phi) is 8.25. The number of aliphatic hydroxyl groups excluding tert-OH is 1. The summed E-state index contributed by atoms with van der Waals surface area (Å²) < 4.78 is 7.37. The summed E-state index contributed by atoms with van der Waals surface area (Å²) in [5.74, 6) is 0.675. The number of carbonyl (C=O) groups excluding carboxylic acids is 1. The molecule has 43 heavy (non-hydrogen) atoms. The fraction of sp³-hybridized carbons (Fsp3) is 0.303. The molecular weight excluding hydrogens is 544 g/mol. The molecule has 4 N–H and O–H groups in total. The predicted octanol–water partition coefficient (Wildman–Crippen LogP) is 4.07. The third-order valence-corrected chi connectivity index (χ3v) is 7.64. The quantitative estimate of drug-likeness (QED) is 0.270. The van der Waals surface area contributed by atoms with Gasteiger partial charge in [0.05, 0.1) is 18.0 Å². The van der Waals surface area contributed by atoms with Gasteiger partial charge in [0, 0.05) is 68.5 Å². The molecule has 1 amide bonds. The lowest BCUT2D eigenvalue weighted by Crippen LogP contribution is -2.38. The first-order valence-electron chi connectivity index (χ1n) is 14.2. The topological polar surface area (TPSA) is 126 Å². The number of fused-ring (bicyclic) bond motifs is 1. The summed E-state index contributed by atoms with van der Waals surface area (Å²) in [6.07, 6.45) is 2.32. The fourth-order valence-electron chi connectivity index (χ4n) is 5.14. The van der Waals surface area contributed by atoms with Gasteiger partial charge in [0.25, 0.3) is 11.5 Å². The van der Waals surface area contributed by atoms with E-state index in [9.17, 15) is 14.7 Å². The molecule has 3 aromatic carbocycles. The van der Waals surface area contributed by atoms with Crippen LogP contribution in [0.15, 0.2) is 71.7 Å². The Balaban J connectivity index is 1.46. The van der Waals surface area contributed by atoms with E-state index in [0.29, 0.717) is 59.0 Å². The van der Waals surface area contributed by atoms with E-state index in [0.717, 1.165) is 11.3 Å². The molecule has 0 radical (unpaired) electrons. The number of nitrogens with one attached hydrogen (secondary N) is 1. The number of aliphatic hydroxyl groups is 1. The maximum Gasteiger partial charge on any atom is 0.293 e. The van der Waals surface area contributed by atoms with Crippen LogP contribution in [0.5, 0.6) is 5.75 Å². The fourth-order valence-corrected chi connectivity index (χ4v) is 5.14. The van der Waals surface area contributed by atoms with Gasteiger partial charge in [0.2, 0.25) is 0 Å². The maximum absolute atomic E-state index is 13.6. The molecule has 4 aromatic rings. The van der Waals surface area contributed by atoms with Crippen molar-refractivity contribution in [1.29, 1.82) is 0 Å². The van der Waals surface area contributed by atoms with Crippen LogP contribution in [0.25, 0.3) is 11.3 Å². The number of carbonyl (C=O) groups is 1. The Morgan fingerprint density at radius 3 is 2.49 bits per heavy atom. The van der Waals surface area contributed by atoms with Gasteiger partial charge in [-0.15, -0.1) is 0 Å². The lowest BCUT2D eigenvalue weighted by atomic mass is 9.95. The second-order valence-electron chi connectivity index (χ2n) is 11.5. The Morgan fingerprint density at radius 2 is 1.81 bits per heavy atom.